The zero-order valence-corrected chi connectivity index (χ0v) is 11.9. The molecule has 2 aromatic rings. The van der Waals surface area contributed by atoms with E-state index in [2.05, 4.69) is 4.98 Å². The van der Waals surface area contributed by atoms with E-state index in [4.69, 9.17) is 10.2 Å². The lowest BCUT2D eigenvalue weighted by atomic mass is 10.0. The van der Waals surface area contributed by atoms with E-state index in [-0.39, 0.29) is 6.01 Å². The summed E-state index contributed by atoms with van der Waals surface area (Å²) in [6, 6.07) is 6.46. The first kappa shape index (κ1) is 15.9. The Morgan fingerprint density at radius 3 is 2.36 bits per heavy atom. The highest BCUT2D eigenvalue weighted by Gasteiger charge is 2.35. The number of carbonyl (C=O) groups is 1. The van der Waals surface area contributed by atoms with Crippen molar-refractivity contribution in [1.82, 2.24) is 4.98 Å². The molecule has 0 saturated carbocycles. The van der Waals surface area contributed by atoms with Gasteiger partial charge in [0, 0.05) is 12.7 Å². The van der Waals surface area contributed by atoms with Gasteiger partial charge in [0.15, 0.2) is 5.69 Å². The number of hydrogen-bond donors (Lipinski definition) is 1. The Morgan fingerprint density at radius 1 is 1.32 bits per heavy atom. The average Bonchev–Trinajstić information content (AvgIpc) is 2.95. The van der Waals surface area contributed by atoms with Crippen molar-refractivity contribution in [3.05, 3.63) is 41.8 Å². The normalized spacial score (nSPS) is 13.0. The van der Waals surface area contributed by atoms with Gasteiger partial charge in [0.1, 0.15) is 6.26 Å². The standard InChI is InChI=1S/C14H14F3N3O2/c1-8(12(18)21)9-3-5-10(6-4-9)20(2)13-19-11(7-22-13)14(15,16)17/h3-8H,1-2H3,(H2,18,21). The fraction of sp³-hybridized carbons (Fsp3) is 0.286. The molecule has 1 unspecified atom stereocenters. The highest BCUT2D eigenvalue weighted by Crippen LogP contribution is 2.32. The monoisotopic (exact) mass is 313 g/mol. The molecule has 8 heteroatoms. The van der Waals surface area contributed by atoms with Crippen LogP contribution in [-0.2, 0) is 11.0 Å². The van der Waals surface area contributed by atoms with E-state index in [0.717, 1.165) is 0 Å². The number of oxazole rings is 1. The predicted molar refractivity (Wildman–Crippen MR) is 73.6 cm³/mol. The lowest BCUT2D eigenvalue weighted by Gasteiger charge is -2.16. The van der Waals surface area contributed by atoms with Crippen molar-refractivity contribution < 1.29 is 22.4 Å². The van der Waals surface area contributed by atoms with E-state index in [1.165, 1.54) is 11.9 Å². The summed E-state index contributed by atoms with van der Waals surface area (Å²) < 4.78 is 42.3. The Balaban J connectivity index is 2.21. The van der Waals surface area contributed by atoms with Crippen LogP contribution >= 0.6 is 0 Å². The van der Waals surface area contributed by atoms with Gasteiger partial charge in [-0.1, -0.05) is 12.1 Å². The molecule has 1 atom stereocenters. The third-order valence-corrected chi connectivity index (χ3v) is 3.28. The van der Waals surface area contributed by atoms with Crippen LogP contribution in [0.15, 0.2) is 34.9 Å². The molecule has 0 fully saturated rings. The minimum atomic E-state index is -4.55. The molecule has 1 aromatic carbocycles. The van der Waals surface area contributed by atoms with Crippen LogP contribution in [-0.4, -0.2) is 17.9 Å². The quantitative estimate of drug-likeness (QED) is 0.941. The van der Waals surface area contributed by atoms with Gasteiger partial charge in [-0.15, -0.1) is 0 Å². The molecule has 5 nitrogen and oxygen atoms in total. The number of anilines is 2. The van der Waals surface area contributed by atoms with Crippen molar-refractivity contribution in [2.75, 3.05) is 11.9 Å². The van der Waals surface area contributed by atoms with Crippen molar-refractivity contribution in [1.29, 1.82) is 0 Å². The van der Waals surface area contributed by atoms with Crippen LogP contribution in [0.3, 0.4) is 0 Å². The smallest absolute Gasteiger partial charge is 0.431 e. The summed E-state index contributed by atoms with van der Waals surface area (Å²) in [6.07, 6.45) is -3.99. The molecule has 0 bridgehead atoms. The maximum absolute atomic E-state index is 12.5. The summed E-state index contributed by atoms with van der Waals surface area (Å²) >= 11 is 0. The molecule has 0 aliphatic carbocycles. The van der Waals surface area contributed by atoms with Gasteiger partial charge in [0.2, 0.25) is 5.91 Å². The van der Waals surface area contributed by atoms with Crippen LogP contribution in [0, 0.1) is 0 Å². The number of rotatable bonds is 4. The molecule has 1 aromatic heterocycles. The molecule has 0 spiro atoms. The number of halogens is 3. The molecule has 2 rings (SSSR count). The third kappa shape index (κ3) is 3.21. The molecular formula is C14H14F3N3O2. The highest BCUT2D eigenvalue weighted by atomic mass is 19.4. The second-order valence-electron chi connectivity index (χ2n) is 4.79. The number of primary amides is 1. The molecule has 118 valence electrons. The number of aromatic nitrogens is 1. The van der Waals surface area contributed by atoms with Gasteiger partial charge in [-0.3, -0.25) is 9.69 Å². The van der Waals surface area contributed by atoms with Crippen LogP contribution in [0.2, 0.25) is 0 Å². The number of carbonyl (C=O) groups excluding carboxylic acids is 1. The van der Waals surface area contributed by atoms with Crippen LogP contribution in [0.5, 0.6) is 0 Å². The molecular weight excluding hydrogens is 299 g/mol. The van der Waals surface area contributed by atoms with Crippen LogP contribution in [0.25, 0.3) is 0 Å². The second-order valence-corrected chi connectivity index (χ2v) is 4.79. The zero-order valence-electron chi connectivity index (χ0n) is 11.9. The highest BCUT2D eigenvalue weighted by molar-refractivity contribution is 5.81. The first-order valence-corrected chi connectivity index (χ1v) is 6.36. The number of hydrogen-bond acceptors (Lipinski definition) is 4. The van der Waals surface area contributed by atoms with E-state index in [1.54, 1.807) is 31.2 Å². The Morgan fingerprint density at radius 2 is 1.91 bits per heavy atom. The lowest BCUT2D eigenvalue weighted by molar-refractivity contribution is -0.141. The zero-order chi connectivity index (χ0) is 16.5. The Kier molecular flexibility index (Phi) is 4.11. The van der Waals surface area contributed by atoms with Crippen molar-refractivity contribution in [2.45, 2.75) is 19.0 Å². The molecule has 22 heavy (non-hydrogen) atoms. The van der Waals surface area contributed by atoms with Crippen LogP contribution in [0.1, 0.15) is 24.1 Å². The Hall–Kier alpha value is -2.51. The van der Waals surface area contributed by atoms with E-state index in [9.17, 15) is 18.0 Å². The Labute approximate surface area is 124 Å². The summed E-state index contributed by atoms with van der Waals surface area (Å²) in [7, 11) is 1.53. The molecule has 1 amide bonds. The van der Waals surface area contributed by atoms with E-state index in [1.807, 2.05) is 0 Å². The summed E-state index contributed by atoms with van der Waals surface area (Å²) in [5.41, 5.74) is 5.41. The van der Waals surface area contributed by atoms with E-state index in [0.29, 0.717) is 17.5 Å². The fourth-order valence-electron chi connectivity index (χ4n) is 1.81. The molecule has 0 aliphatic heterocycles. The molecule has 0 radical (unpaired) electrons. The van der Waals surface area contributed by atoms with Crippen LogP contribution in [0.4, 0.5) is 24.9 Å². The lowest BCUT2D eigenvalue weighted by Crippen LogP contribution is -2.18. The minimum Gasteiger partial charge on any atom is -0.431 e. The van der Waals surface area contributed by atoms with Gasteiger partial charge >= 0.3 is 12.2 Å². The maximum atomic E-state index is 12.5. The number of nitrogens with two attached hydrogens (primary N) is 1. The van der Waals surface area contributed by atoms with Gasteiger partial charge in [-0.05, 0) is 24.6 Å². The largest absolute Gasteiger partial charge is 0.436 e. The molecule has 0 saturated heterocycles. The summed E-state index contributed by atoms with van der Waals surface area (Å²) in [4.78, 5) is 15.9. The molecule has 0 aliphatic rings. The first-order chi connectivity index (χ1) is 10.2. The molecule has 1 heterocycles. The third-order valence-electron chi connectivity index (χ3n) is 3.28. The van der Waals surface area contributed by atoms with Gasteiger partial charge < -0.3 is 10.2 Å². The Bertz CT molecular complexity index is 665. The van der Waals surface area contributed by atoms with Crippen molar-refractivity contribution in [3.63, 3.8) is 0 Å². The van der Waals surface area contributed by atoms with Crippen molar-refractivity contribution in [3.8, 4) is 0 Å². The topological polar surface area (TPSA) is 72.4 Å². The fourth-order valence-corrected chi connectivity index (χ4v) is 1.81. The number of benzene rings is 1. The predicted octanol–water partition coefficient (Wildman–Crippen LogP) is 3.05. The maximum Gasteiger partial charge on any atom is 0.436 e. The van der Waals surface area contributed by atoms with Gasteiger partial charge in [-0.2, -0.15) is 18.2 Å². The number of alkyl halides is 3. The van der Waals surface area contributed by atoms with Gasteiger partial charge in [-0.25, -0.2) is 0 Å². The average molecular weight is 313 g/mol. The molecule has 2 N–H and O–H groups in total. The minimum absolute atomic E-state index is 0.178. The number of amides is 1. The van der Waals surface area contributed by atoms with Gasteiger partial charge in [0.05, 0.1) is 5.92 Å². The SMILES string of the molecule is CC(C(N)=O)c1ccc(N(C)c2nc(C(F)(F)F)co2)cc1. The second kappa shape index (κ2) is 5.70. The van der Waals surface area contributed by atoms with E-state index >= 15 is 0 Å². The summed E-state index contributed by atoms with van der Waals surface area (Å²) in [5, 5.41) is 0. The van der Waals surface area contributed by atoms with Crippen LogP contribution < -0.4 is 10.6 Å². The summed E-state index contributed by atoms with van der Waals surface area (Å²) in [5.74, 6) is -0.901. The number of nitrogens with zero attached hydrogens (tertiary/aromatic N) is 2. The van der Waals surface area contributed by atoms with Gasteiger partial charge in [0.25, 0.3) is 0 Å². The van der Waals surface area contributed by atoms with Crippen molar-refractivity contribution >= 4 is 17.6 Å². The first-order valence-electron chi connectivity index (χ1n) is 6.36. The van der Waals surface area contributed by atoms with E-state index < -0.39 is 23.7 Å². The van der Waals surface area contributed by atoms with Crippen molar-refractivity contribution in [2.24, 2.45) is 5.73 Å². The summed E-state index contributed by atoms with van der Waals surface area (Å²) in [6.45, 7) is 1.67.